The van der Waals surface area contributed by atoms with Gasteiger partial charge in [0.05, 0.1) is 19.3 Å². The first-order valence-corrected chi connectivity index (χ1v) is 12.1. The number of esters is 1. The number of carbonyl (C=O) groups excluding carboxylic acids is 1. The monoisotopic (exact) mass is 406 g/mol. The molecule has 0 aromatic rings. The highest BCUT2D eigenvalue weighted by Gasteiger charge is 2.63. The third-order valence-electron chi connectivity index (χ3n) is 10.5. The molecule has 4 nitrogen and oxygen atoms in total. The van der Waals surface area contributed by atoms with Crippen LogP contribution in [0.3, 0.4) is 0 Å². The van der Waals surface area contributed by atoms with Crippen molar-refractivity contribution in [3.63, 3.8) is 0 Å². The fourth-order valence-electron chi connectivity index (χ4n) is 8.81. The summed E-state index contributed by atoms with van der Waals surface area (Å²) in [7, 11) is 1.46. The Morgan fingerprint density at radius 2 is 1.83 bits per heavy atom. The minimum atomic E-state index is -0.246. The molecule has 29 heavy (non-hydrogen) atoms. The standard InChI is InChI=1S/C25H42O4/c1-15(5-10-23(28)29-4)19-8-9-20-18-7-6-16-13-17(26)11-12-24(16,2)21(18)14-22(27)25(19,20)3/h15-22,26-27H,5-14H2,1-4H3/t15-,16-,17-,18+,19-,20+,21?,22?,24+,25-/m1/s1. The normalized spacial score (nSPS) is 50.2. The quantitative estimate of drug-likeness (QED) is 0.671. The number of hydrogen-bond donors (Lipinski definition) is 2. The molecule has 4 aliphatic rings. The summed E-state index contributed by atoms with van der Waals surface area (Å²) in [4.78, 5) is 11.6. The van der Waals surface area contributed by atoms with Gasteiger partial charge in [-0.25, -0.2) is 0 Å². The summed E-state index contributed by atoms with van der Waals surface area (Å²) in [6.45, 7) is 7.12. The first kappa shape index (κ1) is 21.6. The van der Waals surface area contributed by atoms with E-state index in [1.807, 2.05) is 0 Å². The molecular formula is C25H42O4. The van der Waals surface area contributed by atoms with Crippen LogP contribution in [0.15, 0.2) is 0 Å². The number of carbonyl (C=O) groups is 1. The van der Waals surface area contributed by atoms with E-state index in [1.54, 1.807) is 0 Å². The number of fused-ring (bicyclic) bond motifs is 5. The second-order valence-corrected chi connectivity index (χ2v) is 11.5. The smallest absolute Gasteiger partial charge is 0.305 e. The van der Waals surface area contributed by atoms with E-state index in [2.05, 4.69) is 20.8 Å². The molecule has 0 radical (unpaired) electrons. The predicted octanol–water partition coefficient (Wildman–Crippen LogP) is 4.57. The molecule has 0 saturated heterocycles. The summed E-state index contributed by atoms with van der Waals surface area (Å²) in [5, 5.41) is 21.8. The topological polar surface area (TPSA) is 66.8 Å². The van der Waals surface area contributed by atoms with Crippen molar-refractivity contribution >= 4 is 5.97 Å². The summed E-state index contributed by atoms with van der Waals surface area (Å²) < 4.78 is 4.85. The van der Waals surface area contributed by atoms with Crippen LogP contribution in [0.4, 0.5) is 0 Å². The molecule has 0 heterocycles. The van der Waals surface area contributed by atoms with E-state index in [0.29, 0.717) is 41.4 Å². The lowest BCUT2D eigenvalue weighted by atomic mass is 9.43. The van der Waals surface area contributed by atoms with Gasteiger partial charge in [0.1, 0.15) is 0 Å². The van der Waals surface area contributed by atoms with Crippen LogP contribution in [0.2, 0.25) is 0 Å². The molecule has 0 aromatic heterocycles. The maximum atomic E-state index is 11.6. The van der Waals surface area contributed by atoms with Gasteiger partial charge in [-0.1, -0.05) is 20.8 Å². The van der Waals surface area contributed by atoms with Crippen LogP contribution in [0.1, 0.15) is 85.0 Å². The summed E-state index contributed by atoms with van der Waals surface area (Å²) in [5.41, 5.74) is 0.271. The van der Waals surface area contributed by atoms with Crippen molar-refractivity contribution in [2.24, 2.45) is 46.3 Å². The van der Waals surface area contributed by atoms with Gasteiger partial charge in [0.25, 0.3) is 0 Å². The fourth-order valence-corrected chi connectivity index (χ4v) is 8.81. The highest BCUT2D eigenvalue weighted by molar-refractivity contribution is 5.69. The molecular weight excluding hydrogens is 364 g/mol. The average molecular weight is 407 g/mol. The molecule has 2 N–H and O–H groups in total. The molecule has 4 rings (SSSR count). The number of hydrogen-bond acceptors (Lipinski definition) is 4. The van der Waals surface area contributed by atoms with Crippen molar-refractivity contribution < 1.29 is 19.7 Å². The van der Waals surface area contributed by atoms with E-state index >= 15 is 0 Å². The second kappa shape index (κ2) is 7.82. The highest BCUT2D eigenvalue weighted by Crippen LogP contribution is 2.68. The number of methoxy groups -OCH3 is 1. The minimum Gasteiger partial charge on any atom is -0.469 e. The molecule has 0 spiro atoms. The van der Waals surface area contributed by atoms with Crippen LogP contribution >= 0.6 is 0 Å². The SMILES string of the molecule is COC(=O)CC[C@@H](C)[C@H]1CC[C@H]2[C@@H]3CC[C@@H]4C[C@H](O)CC[C@]4(C)C3CC(O)[C@]12C. The Morgan fingerprint density at radius 3 is 2.55 bits per heavy atom. The van der Waals surface area contributed by atoms with E-state index in [4.69, 9.17) is 4.74 Å². The maximum absolute atomic E-state index is 11.6. The van der Waals surface area contributed by atoms with Crippen molar-refractivity contribution in [2.45, 2.75) is 97.2 Å². The van der Waals surface area contributed by atoms with Gasteiger partial charge in [-0.3, -0.25) is 4.79 Å². The maximum Gasteiger partial charge on any atom is 0.305 e. The van der Waals surface area contributed by atoms with Gasteiger partial charge in [-0.15, -0.1) is 0 Å². The molecule has 166 valence electrons. The van der Waals surface area contributed by atoms with Gasteiger partial charge in [-0.05, 0) is 104 Å². The summed E-state index contributed by atoms with van der Waals surface area (Å²) >= 11 is 0. The number of aliphatic hydroxyl groups excluding tert-OH is 2. The van der Waals surface area contributed by atoms with Crippen molar-refractivity contribution in [3.8, 4) is 0 Å². The van der Waals surface area contributed by atoms with Gasteiger partial charge in [0, 0.05) is 6.42 Å². The van der Waals surface area contributed by atoms with Crippen LogP contribution in [0.25, 0.3) is 0 Å². The van der Waals surface area contributed by atoms with Gasteiger partial charge in [-0.2, -0.15) is 0 Å². The van der Waals surface area contributed by atoms with Gasteiger partial charge in [0.2, 0.25) is 0 Å². The Bertz CT molecular complexity index is 620. The van der Waals surface area contributed by atoms with Gasteiger partial charge < -0.3 is 14.9 Å². The predicted molar refractivity (Wildman–Crippen MR) is 113 cm³/mol. The molecule has 0 aromatic carbocycles. The molecule has 4 fully saturated rings. The summed E-state index contributed by atoms with van der Waals surface area (Å²) in [6.07, 6.45) is 9.86. The van der Waals surface area contributed by atoms with Gasteiger partial charge in [0.15, 0.2) is 0 Å². The molecule has 4 aliphatic carbocycles. The number of aliphatic hydroxyl groups is 2. The van der Waals surface area contributed by atoms with E-state index in [9.17, 15) is 15.0 Å². The zero-order valence-electron chi connectivity index (χ0n) is 18.9. The van der Waals surface area contributed by atoms with Crippen molar-refractivity contribution in [2.75, 3.05) is 7.11 Å². The van der Waals surface area contributed by atoms with Crippen LogP contribution in [-0.2, 0) is 9.53 Å². The molecule has 0 amide bonds. The summed E-state index contributed by atoms with van der Waals surface area (Å²) in [5.74, 6) is 3.36. The van der Waals surface area contributed by atoms with Crippen molar-refractivity contribution in [1.82, 2.24) is 0 Å². The lowest BCUT2D eigenvalue weighted by molar-refractivity contribution is -0.175. The first-order valence-electron chi connectivity index (χ1n) is 12.1. The van der Waals surface area contributed by atoms with Gasteiger partial charge >= 0.3 is 5.97 Å². The van der Waals surface area contributed by atoms with Crippen molar-refractivity contribution in [1.29, 1.82) is 0 Å². The molecule has 2 unspecified atom stereocenters. The Kier molecular flexibility index (Phi) is 5.83. The minimum absolute atomic E-state index is 0.0198. The Morgan fingerprint density at radius 1 is 1.07 bits per heavy atom. The van der Waals surface area contributed by atoms with Crippen LogP contribution in [0.5, 0.6) is 0 Å². The molecule has 4 heteroatoms. The lowest BCUT2D eigenvalue weighted by Gasteiger charge is -2.62. The largest absolute Gasteiger partial charge is 0.469 e. The van der Waals surface area contributed by atoms with Crippen LogP contribution in [-0.4, -0.2) is 35.5 Å². The fraction of sp³-hybridized carbons (Fsp3) is 0.960. The van der Waals surface area contributed by atoms with E-state index < -0.39 is 0 Å². The second-order valence-electron chi connectivity index (χ2n) is 11.5. The van der Waals surface area contributed by atoms with E-state index in [1.165, 1.54) is 32.8 Å². The number of rotatable bonds is 4. The third-order valence-corrected chi connectivity index (χ3v) is 10.5. The Hall–Kier alpha value is -0.610. The van der Waals surface area contributed by atoms with E-state index in [-0.39, 0.29) is 23.6 Å². The zero-order chi connectivity index (χ0) is 21.0. The summed E-state index contributed by atoms with van der Waals surface area (Å²) in [6, 6.07) is 0. The number of ether oxygens (including phenoxy) is 1. The van der Waals surface area contributed by atoms with Crippen LogP contribution in [0, 0.1) is 46.3 Å². The van der Waals surface area contributed by atoms with Crippen molar-refractivity contribution in [3.05, 3.63) is 0 Å². The van der Waals surface area contributed by atoms with E-state index in [0.717, 1.165) is 38.0 Å². The van der Waals surface area contributed by atoms with Crippen LogP contribution < -0.4 is 0 Å². The first-order chi connectivity index (χ1) is 13.7. The molecule has 0 aliphatic heterocycles. The lowest BCUT2D eigenvalue weighted by Crippen LogP contribution is -2.58. The molecule has 4 saturated carbocycles. The Balaban J connectivity index is 1.53. The zero-order valence-corrected chi connectivity index (χ0v) is 18.9. The Labute approximate surface area is 176 Å². The molecule has 0 bridgehead atoms. The third kappa shape index (κ3) is 3.37. The average Bonchev–Trinajstić information content (AvgIpc) is 3.06. The highest BCUT2D eigenvalue weighted by atomic mass is 16.5. The molecule has 10 atom stereocenters.